The largest absolute Gasteiger partial charge is 0.417 e. The fourth-order valence-corrected chi connectivity index (χ4v) is 5.73. The number of nitrogens with one attached hydrogen (secondary N) is 1. The van der Waals surface area contributed by atoms with Gasteiger partial charge in [0.15, 0.2) is 0 Å². The lowest BCUT2D eigenvalue weighted by Gasteiger charge is -2.23. The summed E-state index contributed by atoms with van der Waals surface area (Å²) in [5, 5.41) is 3.00. The second-order valence-corrected chi connectivity index (χ2v) is 10.8. The second-order valence-electron chi connectivity index (χ2n) is 10.8. The van der Waals surface area contributed by atoms with Gasteiger partial charge in [0.1, 0.15) is 5.69 Å². The van der Waals surface area contributed by atoms with Crippen LogP contribution in [0.4, 0.5) is 18.9 Å². The lowest BCUT2D eigenvalue weighted by Crippen LogP contribution is -2.31. The Labute approximate surface area is 252 Å². The van der Waals surface area contributed by atoms with E-state index in [0.29, 0.717) is 35.5 Å². The minimum absolute atomic E-state index is 0.0713. The van der Waals surface area contributed by atoms with E-state index in [1.807, 2.05) is 45.7 Å². The molecule has 0 fully saturated rings. The number of alkyl halides is 3. The highest BCUT2D eigenvalue weighted by molar-refractivity contribution is 6.07. The van der Waals surface area contributed by atoms with Crippen LogP contribution < -0.4 is 10.2 Å². The number of rotatable bonds is 7. The van der Waals surface area contributed by atoms with E-state index in [4.69, 9.17) is 0 Å². The number of imidazole rings is 1. The Hall–Kier alpha value is -5.12. The van der Waals surface area contributed by atoms with E-state index < -0.39 is 11.7 Å². The monoisotopic (exact) mass is 597 g/mol. The fourth-order valence-electron chi connectivity index (χ4n) is 5.73. The number of hydrogen-bond acceptors (Lipinski definition) is 3. The molecule has 224 valence electrons. The van der Waals surface area contributed by atoms with Crippen LogP contribution in [0.15, 0.2) is 97.6 Å². The molecule has 10 heteroatoms. The van der Waals surface area contributed by atoms with E-state index >= 15 is 0 Å². The van der Waals surface area contributed by atoms with Crippen molar-refractivity contribution < 1.29 is 22.8 Å². The van der Waals surface area contributed by atoms with Gasteiger partial charge in [0, 0.05) is 42.4 Å². The molecule has 0 radical (unpaired) electrons. The van der Waals surface area contributed by atoms with Gasteiger partial charge in [0.05, 0.1) is 25.0 Å². The summed E-state index contributed by atoms with van der Waals surface area (Å²) in [6.45, 7) is 3.59. The van der Waals surface area contributed by atoms with Crippen LogP contribution in [-0.4, -0.2) is 32.5 Å². The summed E-state index contributed by atoms with van der Waals surface area (Å²) in [5.74, 6) is -0.471. The molecule has 3 heterocycles. The molecule has 0 saturated heterocycles. The molecule has 7 nitrogen and oxygen atoms in total. The minimum Gasteiger partial charge on any atom is -0.351 e. The number of halogens is 3. The Balaban J connectivity index is 1.25. The number of fused-ring (bicyclic) bond motifs is 2. The molecule has 2 aromatic heterocycles. The van der Waals surface area contributed by atoms with Crippen molar-refractivity contribution in [2.75, 3.05) is 11.4 Å². The van der Waals surface area contributed by atoms with E-state index in [1.54, 1.807) is 54.7 Å². The van der Waals surface area contributed by atoms with Crippen LogP contribution in [-0.2, 0) is 25.8 Å². The van der Waals surface area contributed by atoms with E-state index in [-0.39, 0.29) is 23.9 Å². The molecule has 0 spiro atoms. The van der Waals surface area contributed by atoms with Gasteiger partial charge in [-0.15, -0.1) is 0 Å². The zero-order chi connectivity index (χ0) is 30.8. The van der Waals surface area contributed by atoms with Crippen molar-refractivity contribution in [3.63, 3.8) is 0 Å². The zero-order valence-corrected chi connectivity index (χ0v) is 24.0. The lowest BCUT2D eigenvalue weighted by molar-refractivity contribution is -0.137. The standard InChI is InChI=1S/C34H30F3N5O2/c1-23-19-24(11-13-27(23)28-8-3-4-9-29(28)34(35,36)37)33(44)42-21-26-12-14-31(41(26)20-25-7-2-5-10-30(25)42)32(43)39-15-6-17-40-18-16-38-22-40/h2-5,7-14,16,18-19,22H,6,15,17,20-21H2,1H3,(H,39,43). The topological polar surface area (TPSA) is 72.2 Å². The summed E-state index contributed by atoms with van der Waals surface area (Å²) in [6.07, 6.45) is 1.58. The molecule has 1 aliphatic rings. The maximum Gasteiger partial charge on any atom is 0.417 e. The first-order valence-corrected chi connectivity index (χ1v) is 14.3. The molecule has 1 aliphatic heterocycles. The average molecular weight is 598 g/mol. The number of para-hydroxylation sites is 1. The van der Waals surface area contributed by atoms with Crippen LogP contribution in [0.25, 0.3) is 11.1 Å². The first-order chi connectivity index (χ1) is 21.2. The Morgan fingerprint density at radius 3 is 2.50 bits per heavy atom. The first kappa shape index (κ1) is 29.0. The van der Waals surface area contributed by atoms with Crippen LogP contribution in [0.2, 0.25) is 0 Å². The Morgan fingerprint density at radius 1 is 0.932 bits per heavy atom. The van der Waals surface area contributed by atoms with Crippen molar-refractivity contribution >= 4 is 17.5 Å². The number of amides is 2. The molecule has 0 aliphatic carbocycles. The predicted octanol–water partition coefficient (Wildman–Crippen LogP) is 6.71. The van der Waals surface area contributed by atoms with Crippen molar-refractivity contribution in [2.45, 2.75) is 39.2 Å². The predicted molar refractivity (Wildman–Crippen MR) is 161 cm³/mol. The van der Waals surface area contributed by atoms with Crippen LogP contribution in [0.5, 0.6) is 0 Å². The summed E-state index contributed by atoms with van der Waals surface area (Å²) < 4.78 is 45.0. The van der Waals surface area contributed by atoms with Gasteiger partial charge in [-0.2, -0.15) is 13.2 Å². The number of carbonyl (C=O) groups is 2. The molecular formula is C34H30F3N5O2. The van der Waals surface area contributed by atoms with Crippen LogP contribution in [0.1, 0.15) is 49.7 Å². The number of nitrogens with zero attached hydrogens (tertiary/aromatic N) is 4. The molecular weight excluding hydrogens is 567 g/mol. The molecule has 44 heavy (non-hydrogen) atoms. The molecule has 1 N–H and O–H groups in total. The molecule has 6 rings (SSSR count). The highest BCUT2D eigenvalue weighted by Gasteiger charge is 2.34. The van der Waals surface area contributed by atoms with Gasteiger partial charge in [0.25, 0.3) is 11.8 Å². The average Bonchev–Trinajstić information content (AvgIpc) is 3.64. The van der Waals surface area contributed by atoms with Gasteiger partial charge in [-0.25, -0.2) is 4.98 Å². The third kappa shape index (κ3) is 5.75. The highest BCUT2D eigenvalue weighted by atomic mass is 19.4. The SMILES string of the molecule is Cc1cc(C(=O)N2Cc3ccc(C(=O)NCCCn4ccnc4)n3Cc3ccccc32)ccc1-c1ccccc1C(F)(F)F. The summed E-state index contributed by atoms with van der Waals surface area (Å²) in [4.78, 5) is 32.9. The normalized spacial score (nSPS) is 12.8. The van der Waals surface area contributed by atoms with E-state index in [9.17, 15) is 22.8 Å². The van der Waals surface area contributed by atoms with Gasteiger partial charge >= 0.3 is 6.18 Å². The molecule has 0 atom stereocenters. The second kappa shape index (κ2) is 11.9. The number of anilines is 1. The summed E-state index contributed by atoms with van der Waals surface area (Å²) >= 11 is 0. The molecule has 0 bridgehead atoms. The van der Waals surface area contributed by atoms with Gasteiger partial charge < -0.3 is 19.4 Å². The van der Waals surface area contributed by atoms with Crippen molar-refractivity contribution in [3.8, 4) is 11.1 Å². The maximum atomic E-state index is 14.0. The highest BCUT2D eigenvalue weighted by Crippen LogP contribution is 2.38. The number of hydrogen-bond donors (Lipinski definition) is 1. The van der Waals surface area contributed by atoms with Gasteiger partial charge in [0.2, 0.25) is 0 Å². The van der Waals surface area contributed by atoms with Crippen molar-refractivity contribution in [1.82, 2.24) is 19.4 Å². The first-order valence-electron chi connectivity index (χ1n) is 14.3. The third-order valence-corrected chi connectivity index (χ3v) is 7.91. The summed E-state index contributed by atoms with van der Waals surface area (Å²) in [7, 11) is 0. The van der Waals surface area contributed by atoms with Crippen molar-refractivity contribution in [1.29, 1.82) is 0 Å². The summed E-state index contributed by atoms with van der Waals surface area (Å²) in [5.41, 5.74) is 3.59. The van der Waals surface area contributed by atoms with Crippen molar-refractivity contribution in [2.24, 2.45) is 0 Å². The number of aromatic nitrogens is 3. The van der Waals surface area contributed by atoms with Crippen LogP contribution >= 0.6 is 0 Å². The Morgan fingerprint density at radius 2 is 1.73 bits per heavy atom. The van der Waals surface area contributed by atoms with Crippen LogP contribution in [0, 0.1) is 6.92 Å². The van der Waals surface area contributed by atoms with Gasteiger partial charge in [-0.1, -0.05) is 42.5 Å². The lowest BCUT2D eigenvalue weighted by atomic mass is 9.94. The van der Waals surface area contributed by atoms with Crippen LogP contribution in [0.3, 0.4) is 0 Å². The molecule has 3 aromatic carbocycles. The Kier molecular flexibility index (Phi) is 7.82. The zero-order valence-electron chi connectivity index (χ0n) is 24.0. The number of carbonyl (C=O) groups excluding carboxylic acids is 2. The van der Waals surface area contributed by atoms with Gasteiger partial charge in [-0.3, -0.25) is 9.59 Å². The quantitative estimate of drug-likeness (QED) is 0.212. The smallest absolute Gasteiger partial charge is 0.351 e. The molecule has 5 aromatic rings. The fraction of sp³-hybridized carbons (Fsp3) is 0.206. The molecule has 2 amide bonds. The van der Waals surface area contributed by atoms with Crippen molar-refractivity contribution in [3.05, 3.63) is 131 Å². The molecule has 0 saturated carbocycles. The van der Waals surface area contributed by atoms with E-state index in [2.05, 4.69) is 10.3 Å². The third-order valence-electron chi connectivity index (χ3n) is 7.91. The van der Waals surface area contributed by atoms with E-state index in [1.165, 1.54) is 12.1 Å². The van der Waals surface area contributed by atoms with Gasteiger partial charge in [-0.05, 0) is 72.0 Å². The van der Waals surface area contributed by atoms with E-state index in [0.717, 1.165) is 36.0 Å². The maximum absolute atomic E-state index is 14.0. The summed E-state index contributed by atoms with van der Waals surface area (Å²) in [6, 6.07) is 21.4. The minimum atomic E-state index is -4.50. The number of benzene rings is 3. The number of aryl methyl sites for hydroxylation is 2. The Bertz CT molecular complexity index is 1820. The molecule has 0 unspecified atom stereocenters.